The molecule has 1 aliphatic rings. The number of rotatable bonds is 6. The molecule has 1 fully saturated rings. The molecule has 0 saturated carbocycles. The molecule has 0 spiro atoms. The molecule has 0 aliphatic carbocycles. The number of hydrogen-bond acceptors (Lipinski definition) is 6. The monoisotopic (exact) mass is 381 g/mol. The molecule has 9 nitrogen and oxygen atoms in total. The molecule has 4 heterocycles. The minimum atomic E-state index is -0.257. The Morgan fingerprint density at radius 1 is 1.18 bits per heavy atom. The minimum Gasteiger partial charge on any atom is -0.379 e. The number of aromatic amines is 1. The van der Waals surface area contributed by atoms with Crippen molar-refractivity contribution in [2.45, 2.75) is 6.42 Å². The topological polar surface area (TPSA) is 108 Å². The Morgan fingerprint density at radius 2 is 2.07 bits per heavy atom. The van der Waals surface area contributed by atoms with Gasteiger partial charge in [-0.15, -0.1) is 0 Å². The summed E-state index contributed by atoms with van der Waals surface area (Å²) < 4.78 is 5.33. The average molecular weight is 381 g/mol. The van der Waals surface area contributed by atoms with E-state index in [0.717, 1.165) is 55.9 Å². The van der Waals surface area contributed by atoms with E-state index in [4.69, 9.17) is 4.74 Å². The highest BCUT2D eigenvalue weighted by Gasteiger charge is 2.10. The lowest BCUT2D eigenvalue weighted by atomic mass is 10.1. The van der Waals surface area contributed by atoms with Crippen molar-refractivity contribution in [1.29, 1.82) is 0 Å². The number of morpholine rings is 1. The van der Waals surface area contributed by atoms with E-state index in [9.17, 15) is 4.79 Å². The molecule has 3 N–H and O–H groups in total. The Kier molecular flexibility index (Phi) is 5.74. The van der Waals surface area contributed by atoms with Gasteiger partial charge in [0.2, 0.25) is 0 Å². The summed E-state index contributed by atoms with van der Waals surface area (Å²) in [4.78, 5) is 23.4. The molecular formula is C19H23N7O2. The molecule has 1 aliphatic heterocycles. The van der Waals surface area contributed by atoms with E-state index in [2.05, 4.69) is 35.7 Å². The highest BCUT2D eigenvalue weighted by molar-refractivity contribution is 5.90. The van der Waals surface area contributed by atoms with Gasteiger partial charge in [0.05, 0.1) is 30.4 Å². The Morgan fingerprint density at radius 3 is 2.89 bits per heavy atom. The van der Waals surface area contributed by atoms with Crippen LogP contribution in [-0.2, 0) is 4.74 Å². The number of nitrogens with zero attached hydrogens (tertiary/aromatic N) is 4. The summed E-state index contributed by atoms with van der Waals surface area (Å²) in [6.07, 6.45) is 6.21. The van der Waals surface area contributed by atoms with Gasteiger partial charge in [-0.2, -0.15) is 5.10 Å². The number of hydrogen-bond donors (Lipinski definition) is 3. The second-order valence-corrected chi connectivity index (χ2v) is 6.63. The van der Waals surface area contributed by atoms with Gasteiger partial charge < -0.3 is 10.1 Å². The number of carbonyl (C=O) groups is 1. The lowest BCUT2D eigenvalue weighted by molar-refractivity contribution is 0.0375. The van der Waals surface area contributed by atoms with Crippen molar-refractivity contribution in [2.24, 2.45) is 0 Å². The molecule has 28 heavy (non-hydrogen) atoms. The maximum atomic E-state index is 12.1. The molecule has 0 unspecified atom stereocenters. The van der Waals surface area contributed by atoms with Gasteiger partial charge in [-0.05, 0) is 31.2 Å². The fraction of sp³-hybridized carbons (Fsp3) is 0.368. The number of ether oxygens (including phenoxy) is 1. The van der Waals surface area contributed by atoms with Crippen LogP contribution in [0.3, 0.4) is 0 Å². The summed E-state index contributed by atoms with van der Waals surface area (Å²) >= 11 is 0. The third-order valence-corrected chi connectivity index (χ3v) is 4.65. The molecule has 0 radical (unpaired) electrons. The van der Waals surface area contributed by atoms with Crippen molar-refractivity contribution in [3.63, 3.8) is 0 Å². The smallest absolute Gasteiger partial charge is 0.320 e. The number of pyridine rings is 2. The van der Waals surface area contributed by atoms with E-state index in [1.54, 1.807) is 24.7 Å². The molecule has 0 bridgehead atoms. The van der Waals surface area contributed by atoms with Crippen LogP contribution in [0.15, 0.2) is 36.8 Å². The minimum absolute atomic E-state index is 0.257. The summed E-state index contributed by atoms with van der Waals surface area (Å²) in [6, 6.07) is 5.27. The van der Waals surface area contributed by atoms with Crippen molar-refractivity contribution in [3.05, 3.63) is 36.8 Å². The largest absolute Gasteiger partial charge is 0.379 e. The highest BCUT2D eigenvalue weighted by Crippen LogP contribution is 2.21. The molecular weight excluding hydrogens is 358 g/mol. The van der Waals surface area contributed by atoms with E-state index >= 15 is 0 Å². The number of urea groups is 1. The van der Waals surface area contributed by atoms with Crippen molar-refractivity contribution in [3.8, 4) is 11.1 Å². The first-order valence-corrected chi connectivity index (χ1v) is 9.39. The van der Waals surface area contributed by atoms with Crippen LogP contribution in [0.1, 0.15) is 6.42 Å². The van der Waals surface area contributed by atoms with Crippen LogP contribution in [0.25, 0.3) is 22.2 Å². The number of H-pyrrole nitrogens is 1. The van der Waals surface area contributed by atoms with Gasteiger partial charge >= 0.3 is 6.03 Å². The summed E-state index contributed by atoms with van der Waals surface area (Å²) in [7, 11) is 0. The van der Waals surface area contributed by atoms with Crippen LogP contribution in [0, 0.1) is 0 Å². The van der Waals surface area contributed by atoms with E-state index in [1.165, 1.54) is 0 Å². The summed E-state index contributed by atoms with van der Waals surface area (Å²) in [5, 5.41) is 12.4. The number of anilines is 1. The lowest BCUT2D eigenvalue weighted by Gasteiger charge is -2.26. The second-order valence-electron chi connectivity index (χ2n) is 6.63. The summed E-state index contributed by atoms with van der Waals surface area (Å²) in [5.74, 6) is 0.490. The Balaban J connectivity index is 1.31. The van der Waals surface area contributed by atoms with Gasteiger partial charge in [-0.1, -0.05) is 0 Å². The molecule has 0 aromatic carbocycles. The second kappa shape index (κ2) is 8.77. The van der Waals surface area contributed by atoms with Crippen LogP contribution in [0.5, 0.6) is 0 Å². The zero-order valence-electron chi connectivity index (χ0n) is 15.5. The van der Waals surface area contributed by atoms with E-state index in [0.29, 0.717) is 17.9 Å². The first-order chi connectivity index (χ1) is 13.8. The maximum absolute atomic E-state index is 12.1. The number of aromatic nitrogens is 4. The molecule has 3 aromatic heterocycles. The van der Waals surface area contributed by atoms with Crippen molar-refractivity contribution < 1.29 is 9.53 Å². The van der Waals surface area contributed by atoms with Gasteiger partial charge in [0.15, 0.2) is 0 Å². The first-order valence-electron chi connectivity index (χ1n) is 9.39. The number of nitrogens with one attached hydrogen (secondary N) is 3. The van der Waals surface area contributed by atoms with Crippen molar-refractivity contribution >= 4 is 22.9 Å². The maximum Gasteiger partial charge on any atom is 0.320 e. The highest BCUT2D eigenvalue weighted by atomic mass is 16.5. The third kappa shape index (κ3) is 4.62. The fourth-order valence-electron chi connectivity index (χ4n) is 3.13. The predicted octanol–water partition coefficient (Wildman–Crippen LogP) is 1.86. The molecule has 9 heteroatoms. The summed E-state index contributed by atoms with van der Waals surface area (Å²) in [6.45, 7) is 5.07. The predicted molar refractivity (Wildman–Crippen MR) is 106 cm³/mol. The normalized spacial score (nSPS) is 14.9. The quantitative estimate of drug-likeness (QED) is 0.563. The number of carbonyl (C=O) groups excluding carboxylic acids is 1. The van der Waals surface area contributed by atoms with Crippen molar-refractivity contribution in [2.75, 3.05) is 44.7 Å². The average Bonchev–Trinajstić information content (AvgIpc) is 3.26. The zero-order chi connectivity index (χ0) is 19.2. The lowest BCUT2D eigenvalue weighted by Crippen LogP contribution is -2.38. The van der Waals surface area contributed by atoms with Crippen LogP contribution in [-0.4, -0.2) is 70.5 Å². The third-order valence-electron chi connectivity index (χ3n) is 4.65. The molecule has 146 valence electrons. The molecule has 3 aromatic rings. The summed E-state index contributed by atoms with van der Waals surface area (Å²) in [5.41, 5.74) is 3.33. The Bertz CT molecular complexity index is 923. The van der Waals surface area contributed by atoms with Crippen LogP contribution >= 0.6 is 0 Å². The zero-order valence-corrected chi connectivity index (χ0v) is 15.5. The van der Waals surface area contributed by atoms with Gasteiger partial charge in [0, 0.05) is 43.2 Å². The Hall–Kier alpha value is -3.04. The van der Waals surface area contributed by atoms with Gasteiger partial charge in [0.1, 0.15) is 5.82 Å². The van der Waals surface area contributed by atoms with E-state index in [1.807, 2.05) is 12.1 Å². The van der Waals surface area contributed by atoms with Crippen LogP contribution in [0.2, 0.25) is 0 Å². The fourth-order valence-corrected chi connectivity index (χ4v) is 3.13. The van der Waals surface area contributed by atoms with Crippen molar-refractivity contribution in [1.82, 2.24) is 30.4 Å². The van der Waals surface area contributed by atoms with Crippen LogP contribution in [0.4, 0.5) is 10.6 Å². The van der Waals surface area contributed by atoms with Gasteiger partial charge in [-0.3, -0.25) is 20.3 Å². The van der Waals surface area contributed by atoms with Gasteiger partial charge in [-0.25, -0.2) is 9.78 Å². The Labute approximate surface area is 162 Å². The molecule has 2 amide bonds. The number of fused-ring (bicyclic) bond motifs is 1. The van der Waals surface area contributed by atoms with Gasteiger partial charge in [0.25, 0.3) is 0 Å². The molecule has 1 saturated heterocycles. The first kappa shape index (κ1) is 18.3. The number of amides is 2. The van der Waals surface area contributed by atoms with E-state index < -0.39 is 0 Å². The SMILES string of the molecule is O=C(NCCCN1CCOCC1)Nc1ccc2ncc(-c3cn[nH]c3)cc2n1. The molecule has 0 atom stereocenters. The molecule has 4 rings (SSSR count). The van der Waals surface area contributed by atoms with Crippen LogP contribution < -0.4 is 10.6 Å². The standard InChI is InChI=1S/C19H23N7O2/c27-19(20-4-1-5-26-6-8-28-9-7-26)25-18-3-2-16-17(24-18)10-14(11-21-16)15-12-22-23-13-15/h2-3,10-13H,1,4-9H2,(H,22,23)(H2,20,24,25,27). The van der Waals surface area contributed by atoms with E-state index in [-0.39, 0.29) is 6.03 Å².